The van der Waals surface area contributed by atoms with Crippen LogP contribution in [0.2, 0.25) is 5.02 Å². The lowest BCUT2D eigenvalue weighted by Gasteiger charge is -2.18. The molecule has 144 valence electrons. The van der Waals surface area contributed by atoms with E-state index in [9.17, 15) is 18.0 Å². The molecule has 2 N–H and O–H groups in total. The highest BCUT2D eigenvalue weighted by Gasteiger charge is 2.33. The van der Waals surface area contributed by atoms with Crippen LogP contribution in [0.3, 0.4) is 0 Å². The Kier molecular flexibility index (Phi) is 5.79. The summed E-state index contributed by atoms with van der Waals surface area (Å²) in [5.74, 6) is -0.354. The predicted molar refractivity (Wildman–Crippen MR) is 101 cm³/mol. The van der Waals surface area contributed by atoms with E-state index in [-0.39, 0.29) is 23.2 Å². The standard InChI is InChI=1S/C19H19ClF3N3O/c20-17-8-5-14(11-16(17)19(21,22)23)24-12-18(27)25-13-3-6-15(7-4-13)26-9-1-2-10-26/h3-8,11,24H,1-2,9-10,12H2,(H,25,27). The fourth-order valence-corrected chi connectivity index (χ4v) is 3.20. The van der Waals surface area contributed by atoms with Gasteiger partial charge >= 0.3 is 6.18 Å². The molecule has 0 bridgehead atoms. The summed E-state index contributed by atoms with van der Waals surface area (Å²) in [6.45, 7) is 1.92. The summed E-state index contributed by atoms with van der Waals surface area (Å²) in [5, 5.41) is 5.02. The van der Waals surface area contributed by atoms with Crippen LogP contribution in [0, 0.1) is 0 Å². The number of anilines is 3. The molecule has 4 nitrogen and oxygen atoms in total. The van der Waals surface area contributed by atoms with Crippen molar-refractivity contribution >= 4 is 34.6 Å². The van der Waals surface area contributed by atoms with Gasteiger partial charge in [-0.15, -0.1) is 0 Å². The molecule has 0 radical (unpaired) electrons. The van der Waals surface area contributed by atoms with Gasteiger partial charge in [-0.25, -0.2) is 0 Å². The van der Waals surface area contributed by atoms with Crippen molar-refractivity contribution < 1.29 is 18.0 Å². The Morgan fingerprint density at radius 3 is 2.30 bits per heavy atom. The molecule has 0 aliphatic carbocycles. The van der Waals surface area contributed by atoms with Crippen molar-refractivity contribution in [1.82, 2.24) is 0 Å². The molecule has 27 heavy (non-hydrogen) atoms. The lowest BCUT2D eigenvalue weighted by Crippen LogP contribution is -2.22. The molecule has 1 aliphatic rings. The van der Waals surface area contributed by atoms with Gasteiger partial charge in [-0.05, 0) is 55.3 Å². The number of nitrogens with one attached hydrogen (secondary N) is 2. The molecule has 0 aromatic heterocycles. The first kappa shape index (κ1) is 19.4. The molecule has 3 rings (SSSR count). The van der Waals surface area contributed by atoms with Crippen LogP contribution in [0.1, 0.15) is 18.4 Å². The Hall–Kier alpha value is -2.41. The van der Waals surface area contributed by atoms with E-state index in [1.165, 1.54) is 18.9 Å². The first-order chi connectivity index (χ1) is 12.8. The summed E-state index contributed by atoms with van der Waals surface area (Å²) < 4.78 is 38.6. The van der Waals surface area contributed by atoms with Crippen molar-refractivity contribution in [3.63, 3.8) is 0 Å². The SMILES string of the molecule is O=C(CNc1ccc(Cl)c(C(F)(F)F)c1)Nc1ccc(N2CCCC2)cc1. The lowest BCUT2D eigenvalue weighted by molar-refractivity contribution is -0.137. The van der Waals surface area contributed by atoms with Gasteiger partial charge in [0, 0.05) is 30.2 Å². The van der Waals surface area contributed by atoms with Crippen LogP contribution in [0.25, 0.3) is 0 Å². The van der Waals surface area contributed by atoms with Crippen molar-refractivity contribution in [2.75, 3.05) is 35.2 Å². The number of rotatable bonds is 5. The Morgan fingerprint density at radius 2 is 1.67 bits per heavy atom. The molecule has 8 heteroatoms. The first-order valence-corrected chi connectivity index (χ1v) is 8.96. The number of carbonyl (C=O) groups excluding carboxylic acids is 1. The summed E-state index contributed by atoms with van der Waals surface area (Å²) in [5.41, 5.74) is 0.986. The second-order valence-corrected chi connectivity index (χ2v) is 6.74. The van der Waals surface area contributed by atoms with Crippen LogP contribution in [0.15, 0.2) is 42.5 Å². The molecule has 0 saturated carbocycles. The lowest BCUT2D eigenvalue weighted by atomic mass is 10.2. The van der Waals surface area contributed by atoms with E-state index in [0.29, 0.717) is 5.69 Å². The number of hydrogen-bond acceptors (Lipinski definition) is 3. The quantitative estimate of drug-likeness (QED) is 0.745. The van der Waals surface area contributed by atoms with E-state index in [1.54, 1.807) is 0 Å². The maximum absolute atomic E-state index is 12.9. The smallest absolute Gasteiger partial charge is 0.376 e. The molecule has 1 heterocycles. The molecule has 1 saturated heterocycles. The monoisotopic (exact) mass is 397 g/mol. The highest BCUT2D eigenvalue weighted by molar-refractivity contribution is 6.31. The minimum Gasteiger partial charge on any atom is -0.376 e. The third-order valence-corrected chi connectivity index (χ3v) is 4.68. The highest BCUT2D eigenvalue weighted by atomic mass is 35.5. The van der Waals surface area contributed by atoms with Gasteiger partial charge in [0.2, 0.25) is 5.91 Å². The van der Waals surface area contributed by atoms with Gasteiger partial charge in [0.1, 0.15) is 0 Å². The van der Waals surface area contributed by atoms with Crippen LogP contribution in [-0.4, -0.2) is 25.5 Å². The second kappa shape index (κ2) is 8.08. The number of nitrogens with zero attached hydrogens (tertiary/aromatic N) is 1. The van der Waals surface area contributed by atoms with Crippen molar-refractivity contribution in [2.45, 2.75) is 19.0 Å². The Bertz CT molecular complexity index is 803. The van der Waals surface area contributed by atoms with Crippen LogP contribution < -0.4 is 15.5 Å². The molecule has 1 amide bonds. The summed E-state index contributed by atoms with van der Waals surface area (Å²) in [6.07, 6.45) is -2.18. The van der Waals surface area contributed by atoms with Crippen LogP contribution >= 0.6 is 11.6 Å². The molecule has 2 aromatic rings. The summed E-state index contributed by atoms with van der Waals surface area (Å²) in [4.78, 5) is 14.3. The maximum Gasteiger partial charge on any atom is 0.417 e. The minimum atomic E-state index is -4.55. The predicted octanol–water partition coefficient (Wildman–Crippen LogP) is 5.01. The number of benzene rings is 2. The average Bonchev–Trinajstić information content (AvgIpc) is 3.15. The Balaban J connectivity index is 1.55. The van der Waals surface area contributed by atoms with E-state index in [2.05, 4.69) is 15.5 Å². The minimum absolute atomic E-state index is 0.160. The number of halogens is 4. The van der Waals surface area contributed by atoms with Gasteiger partial charge in [0.15, 0.2) is 0 Å². The van der Waals surface area contributed by atoms with Gasteiger partial charge < -0.3 is 15.5 Å². The molecule has 0 spiro atoms. The zero-order valence-electron chi connectivity index (χ0n) is 14.4. The highest BCUT2D eigenvalue weighted by Crippen LogP contribution is 2.36. The number of carbonyl (C=O) groups is 1. The normalized spacial score (nSPS) is 14.3. The largest absolute Gasteiger partial charge is 0.417 e. The van der Waals surface area contributed by atoms with Gasteiger partial charge in [-0.2, -0.15) is 13.2 Å². The van der Waals surface area contributed by atoms with Gasteiger partial charge in [-0.3, -0.25) is 4.79 Å². The van der Waals surface area contributed by atoms with Crippen LogP contribution in [-0.2, 0) is 11.0 Å². The topological polar surface area (TPSA) is 44.4 Å². The third-order valence-electron chi connectivity index (χ3n) is 4.35. The van der Waals surface area contributed by atoms with Crippen LogP contribution in [0.5, 0.6) is 0 Å². The third kappa shape index (κ3) is 5.07. The zero-order valence-corrected chi connectivity index (χ0v) is 15.2. The van der Waals surface area contributed by atoms with Crippen LogP contribution in [0.4, 0.5) is 30.2 Å². The van der Waals surface area contributed by atoms with Crippen molar-refractivity contribution in [3.8, 4) is 0 Å². The van der Waals surface area contributed by atoms with Crippen molar-refractivity contribution in [2.24, 2.45) is 0 Å². The van der Waals surface area contributed by atoms with E-state index in [0.717, 1.165) is 30.9 Å². The average molecular weight is 398 g/mol. The molecule has 2 aromatic carbocycles. The van der Waals surface area contributed by atoms with E-state index < -0.39 is 11.7 Å². The first-order valence-electron chi connectivity index (χ1n) is 8.58. The molecule has 1 fully saturated rings. The number of hydrogen-bond donors (Lipinski definition) is 2. The summed E-state index contributed by atoms with van der Waals surface area (Å²) in [7, 11) is 0. The number of amides is 1. The van der Waals surface area contributed by atoms with Crippen molar-refractivity contribution in [1.29, 1.82) is 0 Å². The van der Waals surface area contributed by atoms with E-state index >= 15 is 0 Å². The van der Waals surface area contributed by atoms with Gasteiger partial charge in [0.25, 0.3) is 0 Å². The van der Waals surface area contributed by atoms with Crippen molar-refractivity contribution in [3.05, 3.63) is 53.1 Å². The van der Waals surface area contributed by atoms with E-state index in [4.69, 9.17) is 11.6 Å². The molecular formula is C19H19ClF3N3O. The molecule has 0 unspecified atom stereocenters. The maximum atomic E-state index is 12.9. The van der Waals surface area contributed by atoms with Gasteiger partial charge in [0.05, 0.1) is 17.1 Å². The van der Waals surface area contributed by atoms with Gasteiger partial charge in [-0.1, -0.05) is 11.6 Å². The molecule has 1 aliphatic heterocycles. The fourth-order valence-electron chi connectivity index (χ4n) is 2.97. The summed E-state index contributed by atoms with van der Waals surface area (Å²) >= 11 is 5.58. The fraction of sp³-hybridized carbons (Fsp3) is 0.316. The number of alkyl halides is 3. The second-order valence-electron chi connectivity index (χ2n) is 6.34. The zero-order chi connectivity index (χ0) is 19.4. The Labute approximate surface area is 160 Å². The molecular weight excluding hydrogens is 379 g/mol. The molecule has 0 atom stereocenters. The van der Waals surface area contributed by atoms with E-state index in [1.807, 2.05) is 24.3 Å². The summed E-state index contributed by atoms with van der Waals surface area (Å²) in [6, 6.07) is 11.0. The Morgan fingerprint density at radius 1 is 1.04 bits per heavy atom.